The van der Waals surface area contributed by atoms with Gasteiger partial charge in [0, 0.05) is 17.2 Å². The Labute approximate surface area is 190 Å². The fourth-order valence-corrected chi connectivity index (χ4v) is 5.09. The number of carbonyl (C=O) groups is 1. The summed E-state index contributed by atoms with van der Waals surface area (Å²) >= 11 is 1.55. The SMILES string of the molecule is COc1ccc(NC(=O)c2c(N=Cc3cccc(F)c3)sc3c2CCCCC3)c(OC)c1. The molecule has 0 radical (unpaired) electrons. The molecule has 32 heavy (non-hydrogen) atoms. The first kappa shape index (κ1) is 22.0. The Kier molecular flexibility index (Phi) is 6.85. The van der Waals surface area contributed by atoms with Crippen LogP contribution in [0.4, 0.5) is 15.1 Å². The molecular formula is C25H25FN2O3S. The van der Waals surface area contributed by atoms with Crippen molar-refractivity contribution < 1.29 is 18.7 Å². The smallest absolute Gasteiger partial charge is 0.259 e. The number of rotatable bonds is 6. The molecule has 0 saturated carbocycles. The minimum absolute atomic E-state index is 0.223. The van der Waals surface area contributed by atoms with Crippen LogP contribution in [0.3, 0.4) is 0 Å². The van der Waals surface area contributed by atoms with Gasteiger partial charge in [0.25, 0.3) is 5.91 Å². The topological polar surface area (TPSA) is 59.9 Å². The third-order valence-electron chi connectivity index (χ3n) is 5.47. The number of benzene rings is 2. The van der Waals surface area contributed by atoms with Gasteiger partial charge in [0.05, 0.1) is 25.5 Å². The van der Waals surface area contributed by atoms with E-state index in [9.17, 15) is 9.18 Å². The lowest BCUT2D eigenvalue weighted by Gasteiger charge is -2.12. The molecule has 0 aliphatic heterocycles. The molecule has 166 valence electrons. The number of halogens is 1. The van der Waals surface area contributed by atoms with Gasteiger partial charge in [-0.05, 0) is 61.1 Å². The van der Waals surface area contributed by atoms with Crippen LogP contribution in [0.5, 0.6) is 11.5 Å². The number of hydrogen-bond donors (Lipinski definition) is 1. The maximum absolute atomic E-state index is 13.6. The van der Waals surface area contributed by atoms with E-state index in [1.54, 1.807) is 62.1 Å². The highest BCUT2D eigenvalue weighted by atomic mass is 32.1. The molecule has 4 rings (SSSR count). The zero-order valence-electron chi connectivity index (χ0n) is 18.1. The van der Waals surface area contributed by atoms with E-state index in [2.05, 4.69) is 10.3 Å². The minimum atomic E-state index is -0.319. The van der Waals surface area contributed by atoms with Crippen molar-refractivity contribution in [1.29, 1.82) is 0 Å². The molecule has 1 N–H and O–H groups in total. The van der Waals surface area contributed by atoms with Gasteiger partial charge >= 0.3 is 0 Å². The average molecular weight is 453 g/mol. The van der Waals surface area contributed by atoms with Gasteiger partial charge < -0.3 is 14.8 Å². The van der Waals surface area contributed by atoms with Crippen molar-refractivity contribution in [2.75, 3.05) is 19.5 Å². The number of hydrogen-bond acceptors (Lipinski definition) is 5. The Morgan fingerprint density at radius 1 is 1.09 bits per heavy atom. The summed E-state index contributed by atoms with van der Waals surface area (Å²) in [5.41, 5.74) is 2.88. The first-order valence-electron chi connectivity index (χ1n) is 10.6. The largest absolute Gasteiger partial charge is 0.497 e. The highest BCUT2D eigenvalue weighted by molar-refractivity contribution is 7.16. The van der Waals surface area contributed by atoms with Crippen LogP contribution in [0.15, 0.2) is 47.5 Å². The minimum Gasteiger partial charge on any atom is -0.497 e. The Morgan fingerprint density at radius 3 is 2.72 bits per heavy atom. The van der Waals surface area contributed by atoms with Crippen LogP contribution in [0.1, 0.15) is 45.6 Å². The van der Waals surface area contributed by atoms with E-state index in [-0.39, 0.29) is 11.7 Å². The van der Waals surface area contributed by atoms with Crippen LogP contribution in [0.25, 0.3) is 0 Å². The zero-order chi connectivity index (χ0) is 22.5. The molecule has 1 aliphatic rings. The molecule has 0 spiro atoms. The Hall–Kier alpha value is -3.19. The standard InChI is InChI=1S/C25H25FN2O3S/c1-30-18-11-12-20(21(14-18)31-2)28-24(29)23-19-9-4-3-5-10-22(19)32-25(23)27-15-16-7-6-8-17(26)13-16/h6-8,11-15H,3-5,9-10H2,1-2H3,(H,28,29). The molecule has 1 amide bonds. The molecule has 0 fully saturated rings. The van der Waals surface area contributed by atoms with Gasteiger partial charge in [-0.15, -0.1) is 11.3 Å². The summed E-state index contributed by atoms with van der Waals surface area (Å²) in [5.74, 6) is 0.619. The van der Waals surface area contributed by atoms with E-state index in [1.807, 2.05) is 0 Å². The molecule has 0 atom stereocenters. The van der Waals surface area contributed by atoms with Gasteiger partial charge in [-0.25, -0.2) is 9.38 Å². The number of aliphatic imine (C=N–C) groups is 1. The fourth-order valence-electron chi connectivity index (χ4n) is 3.86. The molecule has 1 heterocycles. The van der Waals surface area contributed by atoms with Crippen LogP contribution in [-0.2, 0) is 12.8 Å². The molecular weight excluding hydrogens is 427 g/mol. The van der Waals surface area contributed by atoms with E-state index in [0.29, 0.717) is 33.3 Å². The number of thiophene rings is 1. The number of anilines is 1. The Morgan fingerprint density at radius 2 is 1.94 bits per heavy atom. The quantitative estimate of drug-likeness (QED) is 0.359. The van der Waals surface area contributed by atoms with E-state index in [4.69, 9.17) is 9.47 Å². The van der Waals surface area contributed by atoms with Crippen LogP contribution >= 0.6 is 11.3 Å². The van der Waals surface area contributed by atoms with Gasteiger partial charge in [0.15, 0.2) is 0 Å². The van der Waals surface area contributed by atoms with Gasteiger partial charge in [0.2, 0.25) is 0 Å². The highest BCUT2D eigenvalue weighted by Crippen LogP contribution is 2.40. The lowest BCUT2D eigenvalue weighted by atomic mass is 10.0. The van der Waals surface area contributed by atoms with Crippen molar-refractivity contribution in [3.05, 3.63) is 69.8 Å². The molecule has 7 heteroatoms. The second kappa shape index (κ2) is 9.96. The van der Waals surface area contributed by atoms with Crippen molar-refractivity contribution in [3.8, 4) is 11.5 Å². The first-order valence-corrected chi connectivity index (χ1v) is 11.4. The predicted molar refractivity (Wildman–Crippen MR) is 127 cm³/mol. The number of aryl methyl sites for hydroxylation is 1. The van der Waals surface area contributed by atoms with E-state index in [0.717, 1.165) is 37.7 Å². The number of fused-ring (bicyclic) bond motifs is 1. The first-order chi connectivity index (χ1) is 15.6. The fraction of sp³-hybridized carbons (Fsp3) is 0.280. The van der Waals surface area contributed by atoms with Crippen molar-refractivity contribution >= 4 is 34.1 Å². The number of nitrogens with one attached hydrogen (secondary N) is 1. The summed E-state index contributed by atoms with van der Waals surface area (Å²) in [5, 5.41) is 3.63. The van der Waals surface area contributed by atoms with Crippen LogP contribution in [0, 0.1) is 5.82 Å². The van der Waals surface area contributed by atoms with Crippen molar-refractivity contribution in [3.63, 3.8) is 0 Å². The van der Waals surface area contributed by atoms with Gasteiger partial charge in [-0.3, -0.25) is 4.79 Å². The predicted octanol–water partition coefficient (Wildman–Crippen LogP) is 6.18. The molecule has 1 aromatic heterocycles. The summed E-state index contributed by atoms with van der Waals surface area (Å²) < 4.78 is 24.2. The van der Waals surface area contributed by atoms with Gasteiger partial charge in [0.1, 0.15) is 22.3 Å². The summed E-state index contributed by atoms with van der Waals surface area (Å²) in [6, 6.07) is 11.5. The number of carbonyl (C=O) groups excluding carboxylic acids is 1. The maximum atomic E-state index is 13.6. The third-order valence-corrected chi connectivity index (χ3v) is 6.67. The van der Waals surface area contributed by atoms with Crippen molar-refractivity contribution in [1.82, 2.24) is 0 Å². The monoisotopic (exact) mass is 452 g/mol. The molecule has 5 nitrogen and oxygen atoms in total. The maximum Gasteiger partial charge on any atom is 0.259 e. The van der Waals surface area contributed by atoms with Gasteiger partial charge in [-0.2, -0.15) is 0 Å². The number of ether oxygens (including phenoxy) is 2. The lowest BCUT2D eigenvalue weighted by Crippen LogP contribution is -2.14. The normalized spacial score (nSPS) is 13.5. The Bertz CT molecular complexity index is 1160. The summed E-state index contributed by atoms with van der Waals surface area (Å²) in [6.07, 6.45) is 6.71. The molecule has 3 aromatic rings. The average Bonchev–Trinajstić information content (AvgIpc) is 2.99. The lowest BCUT2D eigenvalue weighted by molar-refractivity contribution is 0.102. The zero-order valence-corrected chi connectivity index (χ0v) is 18.9. The van der Waals surface area contributed by atoms with Gasteiger partial charge in [-0.1, -0.05) is 18.6 Å². The third kappa shape index (κ3) is 4.83. The summed E-state index contributed by atoms with van der Waals surface area (Å²) in [6.45, 7) is 0. The second-order valence-electron chi connectivity index (χ2n) is 7.58. The molecule has 0 saturated heterocycles. The van der Waals surface area contributed by atoms with E-state index >= 15 is 0 Å². The van der Waals surface area contributed by atoms with Crippen LogP contribution < -0.4 is 14.8 Å². The molecule has 0 bridgehead atoms. The van der Waals surface area contributed by atoms with Crippen molar-refractivity contribution in [2.45, 2.75) is 32.1 Å². The Balaban J connectivity index is 1.70. The van der Waals surface area contributed by atoms with Crippen molar-refractivity contribution in [2.24, 2.45) is 4.99 Å². The summed E-state index contributed by atoms with van der Waals surface area (Å²) in [4.78, 5) is 19.3. The molecule has 2 aromatic carbocycles. The van der Waals surface area contributed by atoms with Crippen LogP contribution in [0.2, 0.25) is 0 Å². The molecule has 1 aliphatic carbocycles. The van der Waals surface area contributed by atoms with Crippen LogP contribution in [-0.4, -0.2) is 26.3 Å². The number of methoxy groups -OCH3 is 2. The highest BCUT2D eigenvalue weighted by Gasteiger charge is 2.25. The summed E-state index contributed by atoms with van der Waals surface area (Å²) in [7, 11) is 3.13. The van der Waals surface area contributed by atoms with E-state index in [1.165, 1.54) is 17.0 Å². The second-order valence-corrected chi connectivity index (χ2v) is 8.66. The molecule has 0 unspecified atom stereocenters. The number of nitrogens with zero attached hydrogens (tertiary/aromatic N) is 1. The number of amides is 1. The van der Waals surface area contributed by atoms with E-state index < -0.39 is 0 Å².